The number of unbranched alkanes of at least 4 members (excludes halogenated alkanes) is 35. The summed E-state index contributed by atoms with van der Waals surface area (Å²) in [6.07, 6.45) is 74.9. The standard InChI is InChI=1S/C65H116O6/c1-4-7-10-13-16-19-22-25-28-30-32-34-37-40-43-46-49-52-55-58-64(67)70-61-62(60-69-63(66)57-54-51-48-45-42-39-36-27-24-21-18-15-12-9-6-3)71-65(68)59-56-53-50-47-44-41-38-35-33-31-29-26-23-20-17-14-11-8-5-2/h16-17,19-20,25-29,36,62H,4-15,18,21-24,30-35,37-61H2,1-3H3/b19-16-,20-17-,28-25-,29-26-,36-27-/t62-/m0/s1. The van der Waals surface area contributed by atoms with Crippen LogP contribution in [0.3, 0.4) is 0 Å². The number of hydrogen-bond acceptors (Lipinski definition) is 6. The van der Waals surface area contributed by atoms with E-state index in [1.54, 1.807) is 0 Å². The summed E-state index contributed by atoms with van der Waals surface area (Å²) < 4.78 is 16.9. The first-order valence-electron chi connectivity index (χ1n) is 30.8. The summed E-state index contributed by atoms with van der Waals surface area (Å²) in [5, 5.41) is 0. The molecule has 6 nitrogen and oxygen atoms in total. The molecule has 0 rings (SSSR count). The first-order valence-corrected chi connectivity index (χ1v) is 30.8. The van der Waals surface area contributed by atoms with Crippen molar-refractivity contribution in [2.24, 2.45) is 0 Å². The number of esters is 3. The first-order chi connectivity index (χ1) is 35.0. The van der Waals surface area contributed by atoms with Crippen LogP contribution < -0.4 is 0 Å². The van der Waals surface area contributed by atoms with Gasteiger partial charge in [-0.2, -0.15) is 0 Å². The van der Waals surface area contributed by atoms with Gasteiger partial charge >= 0.3 is 17.9 Å². The van der Waals surface area contributed by atoms with Gasteiger partial charge in [-0.25, -0.2) is 0 Å². The van der Waals surface area contributed by atoms with Crippen LogP contribution in [0.25, 0.3) is 0 Å². The molecular weight excluding hydrogens is 877 g/mol. The molecule has 0 bridgehead atoms. The third kappa shape index (κ3) is 57.9. The molecule has 0 heterocycles. The molecule has 0 spiro atoms. The summed E-state index contributed by atoms with van der Waals surface area (Å²) in [4.78, 5) is 38.3. The molecule has 0 saturated heterocycles. The van der Waals surface area contributed by atoms with E-state index in [2.05, 4.69) is 81.5 Å². The highest BCUT2D eigenvalue weighted by molar-refractivity contribution is 5.71. The highest BCUT2D eigenvalue weighted by Gasteiger charge is 2.19. The van der Waals surface area contributed by atoms with Crippen molar-refractivity contribution in [1.29, 1.82) is 0 Å². The average molecular weight is 994 g/mol. The predicted octanol–water partition coefficient (Wildman–Crippen LogP) is 20.8. The molecule has 0 aromatic rings. The summed E-state index contributed by atoms with van der Waals surface area (Å²) >= 11 is 0. The molecule has 71 heavy (non-hydrogen) atoms. The molecule has 6 heteroatoms. The van der Waals surface area contributed by atoms with Crippen molar-refractivity contribution in [3.05, 3.63) is 60.8 Å². The Morgan fingerprint density at radius 2 is 0.507 bits per heavy atom. The molecule has 0 aromatic heterocycles. The summed E-state index contributed by atoms with van der Waals surface area (Å²) in [5.74, 6) is -0.881. The minimum atomic E-state index is -0.782. The van der Waals surface area contributed by atoms with Gasteiger partial charge in [-0.15, -0.1) is 0 Å². The number of carbonyl (C=O) groups excluding carboxylic acids is 3. The number of allylic oxidation sites excluding steroid dienone is 10. The molecular formula is C65H116O6. The van der Waals surface area contributed by atoms with Gasteiger partial charge in [0.2, 0.25) is 0 Å². The second-order valence-corrected chi connectivity index (χ2v) is 20.6. The smallest absolute Gasteiger partial charge is 0.306 e. The zero-order valence-electron chi connectivity index (χ0n) is 47.2. The van der Waals surface area contributed by atoms with Crippen molar-refractivity contribution in [1.82, 2.24) is 0 Å². The Kier molecular flexibility index (Phi) is 57.2. The van der Waals surface area contributed by atoms with E-state index in [1.165, 1.54) is 199 Å². The average Bonchev–Trinajstić information content (AvgIpc) is 3.37. The van der Waals surface area contributed by atoms with Crippen LogP contribution in [0.1, 0.15) is 316 Å². The third-order valence-electron chi connectivity index (χ3n) is 13.5. The summed E-state index contributed by atoms with van der Waals surface area (Å²) in [6, 6.07) is 0. The fourth-order valence-corrected chi connectivity index (χ4v) is 8.79. The first kappa shape index (κ1) is 68.1. The van der Waals surface area contributed by atoms with Gasteiger partial charge in [-0.1, -0.05) is 248 Å². The molecule has 0 saturated carbocycles. The highest BCUT2D eigenvalue weighted by atomic mass is 16.6. The molecule has 0 N–H and O–H groups in total. The fourth-order valence-electron chi connectivity index (χ4n) is 8.79. The molecule has 0 aromatic carbocycles. The molecule has 0 radical (unpaired) electrons. The Hall–Kier alpha value is -2.89. The van der Waals surface area contributed by atoms with Crippen LogP contribution in [-0.2, 0) is 28.6 Å². The van der Waals surface area contributed by atoms with E-state index in [9.17, 15) is 14.4 Å². The van der Waals surface area contributed by atoms with Crippen LogP contribution in [0.15, 0.2) is 60.8 Å². The molecule has 0 amide bonds. The molecule has 0 unspecified atom stereocenters. The lowest BCUT2D eigenvalue weighted by Gasteiger charge is -2.18. The molecule has 0 fully saturated rings. The largest absolute Gasteiger partial charge is 0.462 e. The van der Waals surface area contributed by atoms with E-state index in [0.29, 0.717) is 19.3 Å². The lowest BCUT2D eigenvalue weighted by molar-refractivity contribution is -0.167. The van der Waals surface area contributed by atoms with E-state index in [1.807, 2.05) is 0 Å². The topological polar surface area (TPSA) is 78.9 Å². The Bertz CT molecular complexity index is 1280. The number of carbonyl (C=O) groups is 3. The van der Waals surface area contributed by atoms with Gasteiger partial charge in [-0.3, -0.25) is 14.4 Å². The Morgan fingerprint density at radius 1 is 0.282 bits per heavy atom. The quantitative estimate of drug-likeness (QED) is 0.0261. The van der Waals surface area contributed by atoms with Crippen LogP contribution in [0.5, 0.6) is 0 Å². The van der Waals surface area contributed by atoms with Crippen molar-refractivity contribution < 1.29 is 28.6 Å². The number of hydrogen-bond donors (Lipinski definition) is 0. The lowest BCUT2D eigenvalue weighted by atomic mass is 10.1. The van der Waals surface area contributed by atoms with Gasteiger partial charge in [0, 0.05) is 19.3 Å². The van der Waals surface area contributed by atoms with Crippen molar-refractivity contribution >= 4 is 17.9 Å². The normalized spacial score (nSPS) is 12.4. The second kappa shape index (κ2) is 59.7. The summed E-state index contributed by atoms with van der Waals surface area (Å²) in [5.41, 5.74) is 0. The van der Waals surface area contributed by atoms with Crippen molar-refractivity contribution in [3.8, 4) is 0 Å². The lowest BCUT2D eigenvalue weighted by Crippen LogP contribution is -2.30. The maximum atomic E-state index is 12.9. The van der Waals surface area contributed by atoms with Crippen LogP contribution in [-0.4, -0.2) is 37.2 Å². The maximum Gasteiger partial charge on any atom is 0.306 e. The molecule has 0 aliphatic heterocycles. The van der Waals surface area contributed by atoms with Gasteiger partial charge in [0.05, 0.1) is 0 Å². The second-order valence-electron chi connectivity index (χ2n) is 20.6. The van der Waals surface area contributed by atoms with E-state index in [4.69, 9.17) is 14.2 Å². The predicted molar refractivity (Wildman–Crippen MR) is 307 cm³/mol. The maximum absolute atomic E-state index is 12.9. The van der Waals surface area contributed by atoms with Crippen LogP contribution in [0.2, 0.25) is 0 Å². The van der Waals surface area contributed by atoms with E-state index >= 15 is 0 Å². The molecule has 0 aliphatic carbocycles. The van der Waals surface area contributed by atoms with Gasteiger partial charge in [0.25, 0.3) is 0 Å². The zero-order valence-corrected chi connectivity index (χ0v) is 47.2. The Morgan fingerprint density at radius 3 is 0.817 bits per heavy atom. The summed E-state index contributed by atoms with van der Waals surface area (Å²) in [7, 11) is 0. The molecule has 0 aliphatic rings. The summed E-state index contributed by atoms with van der Waals surface area (Å²) in [6.45, 7) is 6.61. The SMILES string of the molecule is CCCCC/C=C\C/C=C\CCCCCCCCCCCC(=O)OC[C@H](COC(=O)CCCCCCC/C=C\CCCCCCCC)OC(=O)CCCCCCCCCCC/C=C\C/C=C\CCCCC. The monoisotopic (exact) mass is 993 g/mol. The van der Waals surface area contributed by atoms with Gasteiger partial charge in [-0.05, 0) is 109 Å². The minimum Gasteiger partial charge on any atom is -0.462 e. The van der Waals surface area contributed by atoms with Gasteiger partial charge < -0.3 is 14.2 Å². The molecule has 1 atom stereocenters. The van der Waals surface area contributed by atoms with Crippen LogP contribution in [0.4, 0.5) is 0 Å². The Labute approximate surface area is 440 Å². The van der Waals surface area contributed by atoms with Crippen LogP contribution in [0, 0.1) is 0 Å². The van der Waals surface area contributed by atoms with E-state index in [0.717, 1.165) is 77.0 Å². The number of ether oxygens (including phenoxy) is 3. The third-order valence-corrected chi connectivity index (χ3v) is 13.5. The fraction of sp³-hybridized carbons (Fsp3) is 0.800. The van der Waals surface area contributed by atoms with Gasteiger partial charge in [0.15, 0.2) is 6.10 Å². The molecule has 412 valence electrons. The van der Waals surface area contributed by atoms with Crippen molar-refractivity contribution in [2.75, 3.05) is 13.2 Å². The minimum absolute atomic E-state index is 0.0793. The van der Waals surface area contributed by atoms with E-state index in [-0.39, 0.29) is 31.1 Å². The van der Waals surface area contributed by atoms with Gasteiger partial charge in [0.1, 0.15) is 13.2 Å². The van der Waals surface area contributed by atoms with Crippen molar-refractivity contribution in [2.45, 2.75) is 322 Å². The zero-order chi connectivity index (χ0) is 51.4. The van der Waals surface area contributed by atoms with Crippen LogP contribution >= 0.6 is 0 Å². The Balaban J connectivity index is 4.38. The van der Waals surface area contributed by atoms with E-state index < -0.39 is 6.10 Å². The number of rotatable bonds is 56. The highest BCUT2D eigenvalue weighted by Crippen LogP contribution is 2.16. The van der Waals surface area contributed by atoms with Crippen molar-refractivity contribution in [3.63, 3.8) is 0 Å².